The Morgan fingerprint density at radius 3 is 2.55 bits per heavy atom. The first kappa shape index (κ1) is 42.6. The first-order valence-corrected chi connectivity index (χ1v) is 22.2. The molecule has 6 bridgehead atoms. The molecule has 1 N–H and O–H groups in total. The molecule has 5 heterocycles. The van der Waals surface area contributed by atoms with Crippen LogP contribution in [0.15, 0.2) is 96.3 Å². The number of nitrogens with zero attached hydrogens (tertiary/aromatic N) is 8. The Labute approximate surface area is 360 Å². The number of aliphatic hydroxyl groups excluding tert-OH is 1. The van der Waals surface area contributed by atoms with Crippen molar-refractivity contribution in [3.63, 3.8) is 0 Å². The number of hydrogen-bond donors (Lipinski definition) is 1. The maximum absolute atomic E-state index is 16.9. The van der Waals surface area contributed by atoms with Crippen molar-refractivity contribution < 1.29 is 27.4 Å². The van der Waals surface area contributed by atoms with Crippen molar-refractivity contribution in [1.29, 1.82) is 0 Å². The number of ether oxygens (including phenoxy) is 1. The van der Waals surface area contributed by atoms with E-state index in [1.165, 1.54) is 25.4 Å². The average Bonchev–Trinajstić information content (AvgIpc) is 4.01. The summed E-state index contributed by atoms with van der Waals surface area (Å²) in [5, 5.41) is 26.7. The van der Waals surface area contributed by atoms with Crippen LogP contribution in [0.2, 0.25) is 0 Å². The van der Waals surface area contributed by atoms with E-state index in [4.69, 9.17) is 14.8 Å². The van der Waals surface area contributed by atoms with Gasteiger partial charge in [0.25, 0.3) is 10.0 Å². The van der Waals surface area contributed by atoms with Gasteiger partial charge in [0.2, 0.25) is 0 Å². The number of carbonyl (C=O) groups excluding carboxylic acids is 1. The zero-order chi connectivity index (χ0) is 44.1. The number of aryl methyl sites for hydroxylation is 2. The summed E-state index contributed by atoms with van der Waals surface area (Å²) < 4.78 is 54.2. The van der Waals surface area contributed by atoms with Gasteiger partial charge in [0.15, 0.2) is 11.6 Å². The third kappa shape index (κ3) is 7.83. The van der Waals surface area contributed by atoms with Gasteiger partial charge in [-0.05, 0) is 91.8 Å². The number of rotatable bonds is 6. The minimum Gasteiger partial charge on any atom is -0.469 e. The zero-order valence-corrected chi connectivity index (χ0v) is 36.8. The molecule has 8 rings (SSSR count). The van der Waals surface area contributed by atoms with Crippen molar-refractivity contribution in [1.82, 2.24) is 38.7 Å². The molecule has 1 unspecified atom stereocenters. The fraction of sp³-hybridized carbons (Fsp3) is 0.362. The van der Waals surface area contributed by atoms with Crippen LogP contribution in [0.1, 0.15) is 104 Å². The smallest absolute Gasteiger partial charge is 0.308 e. The van der Waals surface area contributed by atoms with Gasteiger partial charge in [-0.25, -0.2) is 31.1 Å². The second kappa shape index (κ2) is 16.3. The van der Waals surface area contributed by atoms with Crippen LogP contribution in [0.4, 0.5) is 4.39 Å². The lowest BCUT2D eigenvalue weighted by atomic mass is 9.75. The Kier molecular flexibility index (Phi) is 11.2. The SMILES string of the molecule is COC(=O)[C@@H](C)Cc1cccc([C@@]2(C)CCCCC(C)(C)c3cn(nn3)Cc3c(c(F)cc4c3ccn4S(=O)(=O)c3ccc(C)cc3)C(O)c3ccnc(c3)-c3nc2nn3C)c1. The molecule has 0 saturated carbocycles. The van der Waals surface area contributed by atoms with Crippen LogP contribution in [0, 0.1) is 18.7 Å². The summed E-state index contributed by atoms with van der Waals surface area (Å²) in [6.07, 6.45) is 6.99. The molecule has 0 aliphatic carbocycles. The lowest BCUT2D eigenvalue weighted by molar-refractivity contribution is -0.144. The highest BCUT2D eigenvalue weighted by molar-refractivity contribution is 7.90. The molecule has 13 nitrogen and oxygen atoms in total. The van der Waals surface area contributed by atoms with Gasteiger partial charge in [0, 0.05) is 42.0 Å². The number of carbonyl (C=O) groups is 1. The number of fused-ring (bicyclic) bond motifs is 10. The summed E-state index contributed by atoms with van der Waals surface area (Å²) in [7, 11) is -0.917. The standard InChI is InChI=1S/C47H51FN8O5S/c1-29-13-15-34(16-14-29)62(59,60)56-22-18-35-36-27-55-28-40(51-53-55)46(3,4)19-8-9-20-47(5,33-12-10-11-31(24-33)23-30(2)44(58)61-7)45-50-43(54(6)52-45)38-25-32(17-21-49-38)42(57)41(36)37(48)26-39(35)56/h10-18,21-22,24-26,28,30,42,57H,8-9,19-20,23,27H2,1-7H3/t30-,42?,47+/m0/s1. The minimum absolute atomic E-state index is 0.00125. The highest BCUT2D eigenvalue weighted by atomic mass is 32.2. The van der Waals surface area contributed by atoms with Crippen LogP contribution in [0.3, 0.4) is 0 Å². The first-order valence-electron chi connectivity index (χ1n) is 20.8. The third-order valence-corrected chi connectivity index (χ3v) is 14.2. The molecule has 0 fully saturated rings. The first-order chi connectivity index (χ1) is 29.5. The van der Waals surface area contributed by atoms with Gasteiger partial charge < -0.3 is 9.84 Å². The van der Waals surface area contributed by atoms with E-state index >= 15 is 4.39 Å². The fourth-order valence-corrected chi connectivity index (χ4v) is 9.98. The van der Waals surface area contributed by atoms with E-state index in [2.05, 4.69) is 48.2 Å². The van der Waals surface area contributed by atoms with E-state index in [1.807, 2.05) is 32.2 Å². The number of methoxy groups -OCH3 is 1. The molecule has 0 saturated heterocycles. The molecule has 1 aliphatic rings. The largest absolute Gasteiger partial charge is 0.469 e. The second-order valence-corrected chi connectivity index (χ2v) is 19.2. The summed E-state index contributed by atoms with van der Waals surface area (Å²) in [4.78, 5) is 22.2. The Hall–Kier alpha value is -6.06. The van der Waals surface area contributed by atoms with Crippen molar-refractivity contribution in [2.75, 3.05) is 7.11 Å². The minimum atomic E-state index is -4.11. The Balaban J connectivity index is 1.27. The van der Waals surface area contributed by atoms with Gasteiger partial charge in [-0.2, -0.15) is 5.10 Å². The van der Waals surface area contributed by atoms with E-state index in [-0.39, 0.29) is 34.4 Å². The summed E-state index contributed by atoms with van der Waals surface area (Å²) in [5.41, 5.74) is 3.83. The van der Waals surface area contributed by atoms with Crippen molar-refractivity contribution in [3.8, 4) is 11.5 Å². The number of aliphatic hydroxyl groups is 1. The predicted molar refractivity (Wildman–Crippen MR) is 232 cm³/mol. The lowest BCUT2D eigenvalue weighted by Gasteiger charge is -2.29. The van der Waals surface area contributed by atoms with E-state index in [0.29, 0.717) is 46.7 Å². The Bertz CT molecular complexity index is 2920. The summed E-state index contributed by atoms with van der Waals surface area (Å²) in [6, 6.07) is 20.8. The number of hydrogen-bond acceptors (Lipinski definition) is 10. The topological polar surface area (TPSA) is 160 Å². The summed E-state index contributed by atoms with van der Waals surface area (Å²) in [5.74, 6) is -0.332. The molecule has 4 aromatic heterocycles. The van der Waals surface area contributed by atoms with E-state index < -0.39 is 32.8 Å². The van der Waals surface area contributed by atoms with Gasteiger partial charge in [-0.3, -0.25) is 9.78 Å². The Morgan fingerprint density at radius 2 is 1.79 bits per heavy atom. The quantitative estimate of drug-likeness (QED) is 0.164. The normalized spacial score (nSPS) is 18.6. The number of benzene rings is 3. The van der Waals surface area contributed by atoms with Gasteiger partial charge in [0.05, 0.1) is 41.1 Å². The van der Waals surface area contributed by atoms with Crippen molar-refractivity contribution in [2.45, 2.75) is 95.1 Å². The van der Waals surface area contributed by atoms with Crippen LogP contribution in [-0.2, 0) is 50.4 Å². The molecule has 0 radical (unpaired) electrons. The van der Waals surface area contributed by atoms with Crippen molar-refractivity contribution >= 4 is 26.9 Å². The van der Waals surface area contributed by atoms with Gasteiger partial charge >= 0.3 is 5.97 Å². The highest BCUT2D eigenvalue weighted by Gasteiger charge is 2.36. The van der Waals surface area contributed by atoms with Gasteiger partial charge in [-0.1, -0.05) is 80.8 Å². The molecule has 3 aromatic carbocycles. The Morgan fingerprint density at radius 1 is 1.03 bits per heavy atom. The molecular formula is C47H51FN8O5S. The molecule has 322 valence electrons. The molecule has 3 atom stereocenters. The molecule has 62 heavy (non-hydrogen) atoms. The molecule has 7 aromatic rings. The zero-order valence-electron chi connectivity index (χ0n) is 36.0. The maximum Gasteiger partial charge on any atom is 0.308 e. The molecule has 15 heteroatoms. The summed E-state index contributed by atoms with van der Waals surface area (Å²) in [6.45, 7) is 10.1. The summed E-state index contributed by atoms with van der Waals surface area (Å²) >= 11 is 0. The van der Waals surface area contributed by atoms with E-state index in [1.54, 1.807) is 52.9 Å². The van der Waals surface area contributed by atoms with Gasteiger partial charge in [0.1, 0.15) is 17.6 Å². The fourth-order valence-electron chi connectivity index (χ4n) is 8.64. The van der Waals surface area contributed by atoms with Crippen LogP contribution < -0.4 is 0 Å². The van der Waals surface area contributed by atoms with Crippen molar-refractivity contribution in [3.05, 3.63) is 142 Å². The number of esters is 1. The van der Waals surface area contributed by atoms with Crippen LogP contribution in [0.25, 0.3) is 22.4 Å². The monoisotopic (exact) mass is 858 g/mol. The predicted octanol–water partition coefficient (Wildman–Crippen LogP) is 7.75. The van der Waals surface area contributed by atoms with E-state index in [9.17, 15) is 18.3 Å². The molecule has 0 amide bonds. The molecule has 1 aliphatic heterocycles. The van der Waals surface area contributed by atoms with Gasteiger partial charge in [-0.15, -0.1) is 5.10 Å². The second-order valence-electron chi connectivity index (χ2n) is 17.4. The van der Waals surface area contributed by atoms with Crippen LogP contribution >= 0.6 is 0 Å². The van der Waals surface area contributed by atoms with Crippen molar-refractivity contribution in [2.24, 2.45) is 13.0 Å². The maximum atomic E-state index is 16.9. The molecular weight excluding hydrogens is 808 g/mol. The highest BCUT2D eigenvalue weighted by Crippen LogP contribution is 2.40. The number of aromatic nitrogens is 8. The molecule has 0 spiro atoms. The van der Waals surface area contributed by atoms with E-state index in [0.717, 1.165) is 51.7 Å². The average molecular weight is 859 g/mol. The number of pyridine rings is 1. The van der Waals surface area contributed by atoms with Crippen LogP contribution in [-0.4, -0.2) is 65.3 Å². The van der Waals surface area contributed by atoms with Crippen LogP contribution in [0.5, 0.6) is 0 Å². The third-order valence-electron chi connectivity index (χ3n) is 12.5. The lowest BCUT2D eigenvalue weighted by Crippen LogP contribution is -2.26. The number of halogens is 1.